The van der Waals surface area contributed by atoms with E-state index in [1.165, 1.54) is 0 Å². The molecule has 0 aromatic carbocycles. The molecule has 0 N–H and O–H groups in total. The van der Waals surface area contributed by atoms with Gasteiger partial charge in [0.05, 0.1) is 0 Å². The van der Waals surface area contributed by atoms with Crippen molar-refractivity contribution in [2.24, 2.45) is 5.41 Å². The third-order valence-corrected chi connectivity index (χ3v) is 3.58. The molecule has 0 heterocycles. The quantitative estimate of drug-likeness (QED) is 0.466. The molecule has 0 unspecified atom stereocenters. The first kappa shape index (κ1) is 10.8. The first-order chi connectivity index (χ1) is 4.21. The summed E-state index contributed by atoms with van der Waals surface area (Å²) in [6.07, 6.45) is 1.13. The van der Waals surface area contributed by atoms with Gasteiger partial charge < -0.3 is 0 Å². The number of halogens is 2. The summed E-state index contributed by atoms with van der Waals surface area (Å²) in [4.78, 5) is 0. The molecule has 0 aromatic heterocycles. The van der Waals surface area contributed by atoms with Gasteiger partial charge in [0.1, 0.15) is 0 Å². The van der Waals surface area contributed by atoms with Crippen LogP contribution in [0.4, 0.5) is 0 Å². The lowest BCUT2D eigenvalue weighted by Gasteiger charge is -2.20. The Morgan fingerprint density at radius 1 is 1.20 bits per heavy atom. The van der Waals surface area contributed by atoms with Gasteiger partial charge in [0, 0.05) is 0 Å². The Hall–Kier alpha value is 0.797. The fourth-order valence-corrected chi connectivity index (χ4v) is 2.35. The van der Waals surface area contributed by atoms with Gasteiger partial charge in [-0.25, -0.2) is 0 Å². The van der Waals surface area contributed by atoms with Crippen LogP contribution in [-0.4, -0.2) is 6.69 Å². The molecule has 0 radical (unpaired) electrons. The van der Waals surface area contributed by atoms with E-state index in [9.17, 15) is 0 Å². The second-order valence-electron chi connectivity index (χ2n) is 4.13. The molecule has 0 rings (SSSR count). The van der Waals surface area contributed by atoms with Crippen LogP contribution in [0.3, 0.4) is 0 Å². The summed E-state index contributed by atoms with van der Waals surface area (Å²) in [7, 11) is 0. The Labute approximate surface area is 74.3 Å². The predicted octanol–water partition coefficient (Wildman–Crippen LogP) is 3.97. The molecule has 0 nitrogen and oxygen atoms in total. The predicted molar refractivity (Wildman–Crippen MR) is 52.2 cm³/mol. The maximum Gasteiger partial charge on any atom is 0.248 e. The molecule has 0 spiro atoms. The van der Waals surface area contributed by atoms with Crippen LogP contribution in [0, 0.1) is 5.41 Å². The number of hydrogen-bond acceptors (Lipinski definition) is 0. The molecular formula is C7H16Cl2Si. The van der Waals surface area contributed by atoms with Crippen LogP contribution in [0.1, 0.15) is 27.2 Å². The zero-order valence-electron chi connectivity index (χ0n) is 7.17. The molecule has 0 saturated heterocycles. The topological polar surface area (TPSA) is 0 Å². The van der Waals surface area contributed by atoms with Crippen LogP contribution in [0.2, 0.25) is 12.6 Å². The first-order valence-electron chi connectivity index (χ1n) is 3.59. The van der Waals surface area contributed by atoms with Crippen LogP contribution in [-0.2, 0) is 0 Å². The van der Waals surface area contributed by atoms with Crippen molar-refractivity contribution in [3.05, 3.63) is 0 Å². The highest BCUT2D eigenvalue weighted by molar-refractivity contribution is 7.44. The van der Waals surface area contributed by atoms with E-state index in [1.807, 2.05) is 6.55 Å². The molecule has 0 amide bonds. The van der Waals surface area contributed by atoms with Gasteiger partial charge in [0.15, 0.2) is 0 Å². The van der Waals surface area contributed by atoms with Gasteiger partial charge in [-0.3, -0.25) is 0 Å². The Morgan fingerprint density at radius 3 is 1.70 bits per heavy atom. The minimum Gasteiger partial charge on any atom is -0.146 e. The van der Waals surface area contributed by atoms with Crippen molar-refractivity contribution < 1.29 is 0 Å². The van der Waals surface area contributed by atoms with Crippen molar-refractivity contribution in [1.29, 1.82) is 0 Å². The van der Waals surface area contributed by atoms with Crippen molar-refractivity contribution >= 4 is 28.9 Å². The molecule has 0 aliphatic carbocycles. The average Bonchev–Trinajstić information content (AvgIpc) is 1.57. The normalized spacial score (nSPS) is 13.8. The lowest BCUT2D eigenvalue weighted by molar-refractivity contribution is 0.396. The average molecular weight is 199 g/mol. The molecule has 0 aromatic rings. The molecule has 0 atom stereocenters. The van der Waals surface area contributed by atoms with Crippen molar-refractivity contribution in [1.82, 2.24) is 0 Å². The van der Waals surface area contributed by atoms with E-state index < -0.39 is 6.69 Å². The minimum atomic E-state index is -1.82. The summed E-state index contributed by atoms with van der Waals surface area (Å²) in [5.41, 5.74) is 0.373. The molecule has 0 saturated carbocycles. The summed E-state index contributed by atoms with van der Waals surface area (Å²) in [6.45, 7) is 6.78. The molecule has 62 valence electrons. The lowest BCUT2D eigenvalue weighted by Crippen LogP contribution is -2.16. The first-order valence-corrected chi connectivity index (χ1v) is 8.32. The SMILES string of the molecule is CC(C)(C)CC[Si](C)(Cl)Cl. The smallest absolute Gasteiger partial charge is 0.146 e. The third kappa shape index (κ3) is 8.80. The van der Waals surface area contributed by atoms with Gasteiger partial charge >= 0.3 is 0 Å². The Balaban J connectivity index is 3.56. The van der Waals surface area contributed by atoms with Crippen LogP contribution in [0.25, 0.3) is 0 Å². The summed E-state index contributed by atoms with van der Waals surface area (Å²) in [5, 5.41) is 0. The maximum absolute atomic E-state index is 5.94. The Bertz CT molecular complexity index is 85.2. The summed E-state index contributed by atoms with van der Waals surface area (Å²) in [6, 6.07) is 1.000. The molecule has 0 aliphatic rings. The number of hydrogen-bond donors (Lipinski definition) is 0. The van der Waals surface area contributed by atoms with Crippen LogP contribution in [0.15, 0.2) is 0 Å². The summed E-state index contributed by atoms with van der Waals surface area (Å²) in [5.74, 6) is 0. The zero-order chi connectivity index (χ0) is 8.41. The second-order valence-corrected chi connectivity index (χ2v) is 12.4. The molecule has 3 heteroatoms. The van der Waals surface area contributed by atoms with E-state index >= 15 is 0 Å². The van der Waals surface area contributed by atoms with Crippen LogP contribution in [0.5, 0.6) is 0 Å². The van der Waals surface area contributed by atoms with Gasteiger partial charge in [0.25, 0.3) is 0 Å². The zero-order valence-corrected chi connectivity index (χ0v) is 9.68. The molecule has 10 heavy (non-hydrogen) atoms. The largest absolute Gasteiger partial charge is 0.248 e. The maximum atomic E-state index is 5.94. The highest BCUT2D eigenvalue weighted by Gasteiger charge is 2.23. The fourth-order valence-electron chi connectivity index (χ4n) is 0.594. The monoisotopic (exact) mass is 198 g/mol. The Morgan fingerprint density at radius 2 is 1.60 bits per heavy atom. The molecule has 0 aliphatic heterocycles. The third-order valence-electron chi connectivity index (χ3n) is 1.31. The van der Waals surface area contributed by atoms with Gasteiger partial charge in [-0.15, -0.1) is 22.2 Å². The van der Waals surface area contributed by atoms with E-state index in [0.717, 1.165) is 12.5 Å². The van der Waals surface area contributed by atoms with Crippen LogP contribution < -0.4 is 0 Å². The summed E-state index contributed by atoms with van der Waals surface area (Å²) >= 11 is 11.9. The van der Waals surface area contributed by atoms with Crippen molar-refractivity contribution in [3.63, 3.8) is 0 Å². The van der Waals surface area contributed by atoms with E-state index in [-0.39, 0.29) is 0 Å². The molecule has 0 bridgehead atoms. The van der Waals surface area contributed by atoms with E-state index in [0.29, 0.717) is 5.41 Å². The standard InChI is InChI=1S/C7H16Cl2Si/c1-7(2,3)5-6-10(4,8)9/h5-6H2,1-4H3. The lowest BCUT2D eigenvalue weighted by atomic mass is 9.94. The molecule has 0 fully saturated rings. The number of rotatable bonds is 2. The molecular weight excluding hydrogens is 183 g/mol. The van der Waals surface area contributed by atoms with E-state index in [2.05, 4.69) is 20.8 Å². The second kappa shape index (κ2) is 3.46. The Kier molecular flexibility index (Phi) is 3.74. The van der Waals surface area contributed by atoms with Crippen molar-refractivity contribution in [3.8, 4) is 0 Å². The van der Waals surface area contributed by atoms with Crippen LogP contribution >= 0.6 is 22.2 Å². The minimum absolute atomic E-state index is 0.373. The van der Waals surface area contributed by atoms with E-state index in [1.54, 1.807) is 0 Å². The van der Waals surface area contributed by atoms with E-state index in [4.69, 9.17) is 22.2 Å². The highest BCUT2D eigenvalue weighted by Crippen LogP contribution is 2.29. The van der Waals surface area contributed by atoms with Gasteiger partial charge in [-0.1, -0.05) is 20.8 Å². The highest BCUT2D eigenvalue weighted by atomic mass is 35.7. The van der Waals surface area contributed by atoms with Gasteiger partial charge in [-0.2, -0.15) is 0 Å². The van der Waals surface area contributed by atoms with Gasteiger partial charge in [0.2, 0.25) is 6.69 Å². The summed E-state index contributed by atoms with van der Waals surface area (Å²) < 4.78 is 0. The van der Waals surface area contributed by atoms with Crippen molar-refractivity contribution in [2.45, 2.75) is 39.8 Å². The fraction of sp³-hybridized carbons (Fsp3) is 1.00. The van der Waals surface area contributed by atoms with Gasteiger partial charge in [-0.05, 0) is 24.4 Å². The van der Waals surface area contributed by atoms with Crippen molar-refractivity contribution in [2.75, 3.05) is 0 Å².